The Morgan fingerprint density at radius 1 is 0.739 bits per heavy atom. The van der Waals surface area contributed by atoms with E-state index in [2.05, 4.69) is 72.0 Å². The Bertz CT molecular complexity index is 1350. The average Bonchev–Trinajstić information content (AvgIpc) is 3.28. The Morgan fingerprint density at radius 3 is 2.39 bits per heavy atom. The average molecular weight is 292 g/mol. The molecule has 0 saturated heterocycles. The lowest BCUT2D eigenvalue weighted by Crippen LogP contribution is -1.97. The van der Waals surface area contributed by atoms with Crippen LogP contribution in [0.5, 0.6) is 0 Å². The summed E-state index contributed by atoms with van der Waals surface area (Å²) in [5.41, 5.74) is 2.37. The van der Waals surface area contributed by atoms with Crippen LogP contribution in [0.15, 0.2) is 65.9 Å². The van der Waals surface area contributed by atoms with Crippen LogP contribution in [-0.2, 0) is 0 Å². The highest BCUT2D eigenvalue weighted by Gasteiger charge is 2.17. The summed E-state index contributed by atoms with van der Waals surface area (Å²) in [7, 11) is 0. The molecule has 0 fully saturated rings. The molecule has 0 atom stereocenters. The summed E-state index contributed by atoms with van der Waals surface area (Å²) >= 11 is 0. The van der Waals surface area contributed by atoms with Gasteiger partial charge in [0, 0.05) is 44.4 Å². The van der Waals surface area contributed by atoms with Gasteiger partial charge in [0.2, 0.25) is 0 Å². The topological polar surface area (TPSA) is 28.1 Å². The zero-order valence-electron chi connectivity index (χ0n) is 12.3. The lowest BCUT2D eigenvalue weighted by molar-refractivity contribution is 1.37. The molecule has 1 aliphatic carbocycles. The molecule has 0 saturated carbocycles. The number of benzene rings is 3. The lowest BCUT2D eigenvalue weighted by atomic mass is 10.0. The molecule has 1 aliphatic heterocycles. The zero-order valence-corrected chi connectivity index (χ0v) is 12.3. The first-order valence-corrected chi connectivity index (χ1v) is 7.83. The molecule has 1 N–H and O–H groups in total. The van der Waals surface area contributed by atoms with Gasteiger partial charge in [0.25, 0.3) is 0 Å². The Balaban J connectivity index is 2.08. The maximum atomic E-state index is 4.95. The number of aromatic amines is 1. The Labute approximate surface area is 131 Å². The number of H-pyrrole nitrogens is 1. The van der Waals surface area contributed by atoms with Crippen LogP contribution in [0.3, 0.4) is 0 Å². The highest BCUT2D eigenvalue weighted by Crippen LogP contribution is 2.34. The fourth-order valence-electron chi connectivity index (χ4n) is 4.03. The fourth-order valence-corrected chi connectivity index (χ4v) is 4.03. The Kier molecular flexibility index (Phi) is 1.89. The van der Waals surface area contributed by atoms with Gasteiger partial charge in [0.15, 0.2) is 0 Å². The van der Waals surface area contributed by atoms with E-state index in [4.69, 9.17) is 4.99 Å². The van der Waals surface area contributed by atoms with E-state index >= 15 is 0 Å². The molecule has 2 heteroatoms. The molecule has 0 amide bonds. The fraction of sp³-hybridized carbons (Fsp3) is 0. The molecular weight excluding hydrogens is 280 g/mol. The van der Waals surface area contributed by atoms with Crippen LogP contribution in [0, 0.1) is 20.9 Å². The maximum absolute atomic E-state index is 4.95. The quantitative estimate of drug-likeness (QED) is 0.445. The molecule has 2 aliphatic rings. The minimum atomic E-state index is 1.07. The van der Waals surface area contributed by atoms with Gasteiger partial charge < -0.3 is 4.98 Å². The molecule has 23 heavy (non-hydrogen) atoms. The second-order valence-corrected chi connectivity index (χ2v) is 6.16. The largest absolute Gasteiger partial charge is 0.366 e. The molecular formula is C21H12N2. The molecule has 0 spiro atoms. The van der Waals surface area contributed by atoms with Crippen molar-refractivity contribution in [3.05, 3.63) is 97.9 Å². The van der Waals surface area contributed by atoms with Crippen LogP contribution in [0.2, 0.25) is 0 Å². The van der Waals surface area contributed by atoms with Crippen LogP contribution in [0.25, 0.3) is 16.8 Å². The molecule has 2 nitrogen and oxygen atoms in total. The number of para-hydroxylation sites is 1. The predicted octanol–water partition coefficient (Wildman–Crippen LogP) is 3.15. The van der Waals surface area contributed by atoms with Gasteiger partial charge in [-0.05, 0) is 22.6 Å². The van der Waals surface area contributed by atoms with E-state index in [1.165, 1.54) is 42.4 Å². The number of nitrogens with one attached hydrogen (secondary N) is 1. The molecule has 1 aromatic heterocycles. The minimum absolute atomic E-state index is 1.07. The summed E-state index contributed by atoms with van der Waals surface area (Å²) in [4.78, 5) is 8.26. The first kappa shape index (κ1) is 11.4. The zero-order chi connectivity index (χ0) is 15.0. The van der Waals surface area contributed by atoms with Crippen LogP contribution in [0.1, 0.15) is 5.56 Å². The van der Waals surface area contributed by atoms with Gasteiger partial charge in [-0.25, -0.2) is 4.99 Å². The number of nitrogens with zero attached hydrogens (tertiary/aromatic N) is 1. The van der Waals surface area contributed by atoms with E-state index in [1.807, 2.05) is 0 Å². The van der Waals surface area contributed by atoms with Gasteiger partial charge in [-0.2, -0.15) is 0 Å². The smallest absolute Gasteiger partial charge is 0.0802 e. The standard InChI is InChI=1S/C21H12N2/c1-2-6-13-12(5-1)9-15-19(13)16-10-22-11-17(16)20-14-7-3-4-8-18(14)23-21(15)20/h1-11,22H. The maximum Gasteiger partial charge on any atom is 0.0802 e. The van der Waals surface area contributed by atoms with Crippen LogP contribution >= 0.6 is 0 Å². The SMILES string of the molecule is C1=c2ccccc2=c2c1c1c(c3c[nH]cc23)=c2ccccc2=N1. The van der Waals surface area contributed by atoms with Crippen molar-refractivity contribution in [1.29, 1.82) is 0 Å². The monoisotopic (exact) mass is 292 g/mol. The first-order valence-electron chi connectivity index (χ1n) is 7.83. The van der Waals surface area contributed by atoms with E-state index in [0.29, 0.717) is 0 Å². The van der Waals surface area contributed by atoms with Crippen molar-refractivity contribution >= 4 is 22.5 Å². The van der Waals surface area contributed by atoms with Crippen molar-refractivity contribution in [1.82, 2.24) is 4.98 Å². The number of rotatable bonds is 0. The molecule has 6 rings (SSSR count). The second-order valence-electron chi connectivity index (χ2n) is 6.16. The molecule has 3 aromatic carbocycles. The summed E-state index contributed by atoms with van der Waals surface area (Å²) in [6.45, 7) is 0. The van der Waals surface area contributed by atoms with Crippen molar-refractivity contribution in [2.24, 2.45) is 4.99 Å². The normalized spacial score (nSPS) is 13.0. The second kappa shape index (κ2) is 3.79. The molecule has 0 radical (unpaired) electrons. The highest BCUT2D eigenvalue weighted by molar-refractivity contribution is 5.92. The number of hydrogen-bond donors (Lipinski definition) is 1. The first-order chi connectivity index (χ1) is 11.4. The molecule has 0 bridgehead atoms. The van der Waals surface area contributed by atoms with Crippen molar-refractivity contribution in [3.8, 4) is 0 Å². The molecule has 2 heterocycles. The Morgan fingerprint density at radius 2 is 1.48 bits per heavy atom. The van der Waals surface area contributed by atoms with Gasteiger partial charge in [0.05, 0.1) is 11.0 Å². The molecule has 4 aromatic rings. The summed E-state index contributed by atoms with van der Waals surface area (Å²) in [5, 5.41) is 10.0. The van der Waals surface area contributed by atoms with Gasteiger partial charge in [-0.3, -0.25) is 0 Å². The summed E-state index contributed by atoms with van der Waals surface area (Å²) < 4.78 is 0. The van der Waals surface area contributed by atoms with Crippen molar-refractivity contribution in [2.45, 2.75) is 0 Å². The highest BCUT2D eigenvalue weighted by atomic mass is 14.8. The lowest BCUT2D eigenvalue weighted by Gasteiger charge is -2.01. The number of fused-ring (bicyclic) bond motifs is 8. The molecule has 0 unspecified atom stereocenters. The van der Waals surface area contributed by atoms with E-state index in [-0.39, 0.29) is 0 Å². The number of aromatic nitrogens is 1. The van der Waals surface area contributed by atoms with Crippen molar-refractivity contribution < 1.29 is 0 Å². The number of hydrogen-bond acceptors (Lipinski definition) is 1. The third kappa shape index (κ3) is 1.28. The molecule has 106 valence electrons. The summed E-state index contributed by atoms with van der Waals surface area (Å²) in [6.07, 6.45) is 6.50. The van der Waals surface area contributed by atoms with E-state index in [9.17, 15) is 0 Å². The van der Waals surface area contributed by atoms with Gasteiger partial charge in [0.1, 0.15) is 0 Å². The Hall–Kier alpha value is -3.13. The third-order valence-corrected chi connectivity index (χ3v) is 4.98. The van der Waals surface area contributed by atoms with E-state index in [1.54, 1.807) is 0 Å². The van der Waals surface area contributed by atoms with Crippen LogP contribution in [0.4, 0.5) is 5.69 Å². The summed E-state index contributed by atoms with van der Waals surface area (Å²) in [6, 6.07) is 17.0. The summed E-state index contributed by atoms with van der Waals surface area (Å²) in [5.74, 6) is 0. The van der Waals surface area contributed by atoms with Crippen LogP contribution < -0.4 is 10.6 Å². The van der Waals surface area contributed by atoms with E-state index in [0.717, 1.165) is 11.0 Å². The van der Waals surface area contributed by atoms with Gasteiger partial charge in [-0.15, -0.1) is 0 Å². The van der Waals surface area contributed by atoms with Crippen molar-refractivity contribution in [3.63, 3.8) is 0 Å². The van der Waals surface area contributed by atoms with E-state index < -0.39 is 0 Å². The minimum Gasteiger partial charge on any atom is -0.366 e. The van der Waals surface area contributed by atoms with Crippen molar-refractivity contribution in [2.75, 3.05) is 0 Å². The van der Waals surface area contributed by atoms with Gasteiger partial charge in [-0.1, -0.05) is 42.5 Å². The predicted molar refractivity (Wildman–Crippen MR) is 90.5 cm³/mol. The third-order valence-electron chi connectivity index (χ3n) is 4.98. The van der Waals surface area contributed by atoms with Gasteiger partial charge >= 0.3 is 0 Å². The van der Waals surface area contributed by atoms with Crippen LogP contribution in [-0.4, -0.2) is 4.98 Å².